The van der Waals surface area contributed by atoms with E-state index in [2.05, 4.69) is 12.1 Å². The van der Waals surface area contributed by atoms with Gasteiger partial charge in [-0.15, -0.1) is 0 Å². The summed E-state index contributed by atoms with van der Waals surface area (Å²) in [5.41, 5.74) is 6.10. The van der Waals surface area contributed by atoms with Gasteiger partial charge in [-0.25, -0.2) is 0 Å². The quantitative estimate of drug-likeness (QED) is 0.816. The summed E-state index contributed by atoms with van der Waals surface area (Å²) in [5.74, 6) is 0.926. The second kappa shape index (κ2) is 5.35. The fourth-order valence-electron chi connectivity index (χ4n) is 4.38. The number of aromatic hydroxyl groups is 2. The smallest absolute Gasteiger partial charge is 0.119 e. The first-order valence-electron chi connectivity index (χ1n) is 8.40. The number of hydrogen-bond acceptors (Lipinski definition) is 2. The van der Waals surface area contributed by atoms with E-state index in [1.807, 2.05) is 12.1 Å². The van der Waals surface area contributed by atoms with E-state index in [4.69, 9.17) is 0 Å². The molecule has 0 saturated carbocycles. The highest BCUT2D eigenvalue weighted by molar-refractivity contribution is 5.55. The van der Waals surface area contributed by atoms with Gasteiger partial charge in [0.25, 0.3) is 0 Å². The van der Waals surface area contributed by atoms with Gasteiger partial charge in [0.2, 0.25) is 0 Å². The molecule has 0 heterocycles. The van der Waals surface area contributed by atoms with Gasteiger partial charge in [0, 0.05) is 17.0 Å². The fourth-order valence-corrected chi connectivity index (χ4v) is 4.38. The van der Waals surface area contributed by atoms with Crippen molar-refractivity contribution in [3.63, 3.8) is 0 Å². The molecule has 0 spiro atoms. The van der Waals surface area contributed by atoms with Gasteiger partial charge in [-0.1, -0.05) is 18.2 Å². The topological polar surface area (TPSA) is 40.5 Å². The normalized spacial score (nSPS) is 20.3. The van der Waals surface area contributed by atoms with Gasteiger partial charge in [0.05, 0.1) is 0 Å². The lowest BCUT2D eigenvalue weighted by Gasteiger charge is -2.31. The molecule has 114 valence electrons. The summed E-state index contributed by atoms with van der Waals surface area (Å²) in [6.07, 6.45) is 7.75. The summed E-state index contributed by atoms with van der Waals surface area (Å²) in [5, 5.41) is 21.0. The van der Waals surface area contributed by atoms with E-state index < -0.39 is 0 Å². The van der Waals surface area contributed by atoms with Crippen LogP contribution in [0.4, 0.5) is 0 Å². The van der Waals surface area contributed by atoms with Gasteiger partial charge in [-0.05, 0) is 73.8 Å². The lowest BCUT2D eigenvalue weighted by atomic mass is 9.74. The molecule has 2 aliphatic carbocycles. The van der Waals surface area contributed by atoms with Gasteiger partial charge in [-0.3, -0.25) is 0 Å². The third-order valence-electron chi connectivity index (χ3n) is 5.36. The summed E-state index contributed by atoms with van der Waals surface area (Å²) in [7, 11) is 0. The Morgan fingerprint density at radius 3 is 2.41 bits per heavy atom. The van der Waals surface area contributed by atoms with Crippen molar-refractivity contribution < 1.29 is 10.2 Å². The van der Waals surface area contributed by atoms with E-state index in [1.165, 1.54) is 29.5 Å². The fraction of sp³-hybridized carbons (Fsp3) is 0.400. The first-order valence-corrected chi connectivity index (χ1v) is 8.40. The van der Waals surface area contributed by atoms with Crippen LogP contribution in [0.15, 0.2) is 30.3 Å². The van der Waals surface area contributed by atoms with E-state index in [9.17, 15) is 10.2 Å². The summed E-state index contributed by atoms with van der Waals surface area (Å²) in [6.45, 7) is 0. The zero-order valence-electron chi connectivity index (χ0n) is 12.8. The van der Waals surface area contributed by atoms with E-state index >= 15 is 0 Å². The van der Waals surface area contributed by atoms with Crippen molar-refractivity contribution in [2.45, 2.75) is 50.9 Å². The number of rotatable bonds is 1. The molecule has 2 aromatic rings. The highest BCUT2D eigenvalue weighted by Gasteiger charge is 2.30. The average molecular weight is 294 g/mol. The Hall–Kier alpha value is -1.96. The zero-order chi connectivity index (χ0) is 15.1. The van der Waals surface area contributed by atoms with Crippen molar-refractivity contribution in [2.24, 2.45) is 0 Å². The van der Waals surface area contributed by atoms with Crippen molar-refractivity contribution in [3.8, 4) is 11.5 Å². The predicted molar refractivity (Wildman–Crippen MR) is 87.6 cm³/mol. The summed E-state index contributed by atoms with van der Waals surface area (Å²) in [6, 6.07) is 9.77. The van der Waals surface area contributed by atoms with Crippen molar-refractivity contribution in [3.05, 3.63) is 58.1 Å². The highest BCUT2D eigenvalue weighted by Crippen LogP contribution is 2.46. The van der Waals surface area contributed by atoms with Crippen LogP contribution >= 0.6 is 0 Å². The van der Waals surface area contributed by atoms with Crippen LogP contribution in [-0.4, -0.2) is 10.2 Å². The minimum absolute atomic E-state index is 0.137. The Morgan fingerprint density at radius 2 is 1.50 bits per heavy atom. The minimum Gasteiger partial charge on any atom is -0.508 e. The number of hydrogen-bond donors (Lipinski definition) is 2. The van der Waals surface area contributed by atoms with Gasteiger partial charge in [0.1, 0.15) is 11.5 Å². The number of phenolic OH excluding ortho intramolecular Hbond substituents is 2. The van der Waals surface area contributed by atoms with Crippen LogP contribution in [0.2, 0.25) is 0 Å². The predicted octanol–water partition coefficient (Wildman–Crippen LogP) is 4.44. The second-order valence-electron chi connectivity index (χ2n) is 6.64. The zero-order valence-corrected chi connectivity index (χ0v) is 12.8. The molecule has 2 nitrogen and oxygen atoms in total. The van der Waals surface area contributed by atoms with Gasteiger partial charge < -0.3 is 10.2 Å². The summed E-state index contributed by atoms with van der Waals surface area (Å²) in [4.78, 5) is 0. The second-order valence-corrected chi connectivity index (χ2v) is 6.64. The molecule has 0 radical (unpaired) electrons. The number of phenols is 2. The Kier molecular flexibility index (Phi) is 3.33. The molecular formula is C20H22O2. The molecular weight excluding hydrogens is 272 g/mol. The molecule has 0 saturated heterocycles. The van der Waals surface area contributed by atoms with Crippen molar-refractivity contribution >= 4 is 0 Å². The molecule has 1 unspecified atom stereocenters. The minimum atomic E-state index is 0.137. The lowest BCUT2D eigenvalue weighted by Crippen LogP contribution is -2.16. The Balaban J connectivity index is 1.91. The molecule has 2 heteroatoms. The number of aryl methyl sites for hydroxylation is 2. The molecule has 4 rings (SSSR count). The molecule has 2 N–H and O–H groups in total. The molecule has 0 amide bonds. The molecule has 0 aliphatic heterocycles. The Bertz CT molecular complexity index is 718. The van der Waals surface area contributed by atoms with E-state index in [0.717, 1.165) is 43.2 Å². The maximum absolute atomic E-state index is 10.6. The molecule has 1 atom stereocenters. The molecule has 0 fully saturated rings. The van der Waals surface area contributed by atoms with Gasteiger partial charge in [-0.2, -0.15) is 0 Å². The first-order chi connectivity index (χ1) is 10.8. The average Bonchev–Trinajstić information content (AvgIpc) is 2.55. The summed E-state index contributed by atoms with van der Waals surface area (Å²) >= 11 is 0. The van der Waals surface area contributed by atoms with Crippen LogP contribution in [0.25, 0.3) is 0 Å². The third-order valence-corrected chi connectivity index (χ3v) is 5.36. The molecule has 22 heavy (non-hydrogen) atoms. The van der Waals surface area contributed by atoms with Crippen LogP contribution < -0.4 is 0 Å². The maximum atomic E-state index is 10.6. The molecule has 0 aromatic heterocycles. The number of fused-ring (bicyclic) bond motifs is 2. The monoisotopic (exact) mass is 294 g/mol. The van der Waals surface area contributed by atoms with Crippen LogP contribution in [0, 0.1) is 0 Å². The lowest BCUT2D eigenvalue weighted by molar-refractivity contribution is 0.439. The SMILES string of the molecule is Oc1cccc2c1C(c1c(O)ccc3c1CCCC3)CCC2. The number of benzene rings is 2. The molecule has 0 bridgehead atoms. The highest BCUT2D eigenvalue weighted by atomic mass is 16.3. The maximum Gasteiger partial charge on any atom is 0.119 e. The van der Waals surface area contributed by atoms with Crippen molar-refractivity contribution in [1.82, 2.24) is 0 Å². The Labute approximate surface area is 131 Å². The van der Waals surface area contributed by atoms with Crippen LogP contribution in [0.3, 0.4) is 0 Å². The van der Waals surface area contributed by atoms with Crippen molar-refractivity contribution in [1.29, 1.82) is 0 Å². The largest absolute Gasteiger partial charge is 0.508 e. The molecule has 2 aromatic carbocycles. The van der Waals surface area contributed by atoms with Gasteiger partial charge >= 0.3 is 0 Å². The van der Waals surface area contributed by atoms with Gasteiger partial charge in [0.15, 0.2) is 0 Å². The standard InChI is InChI=1S/C20H22O2/c21-17-10-4-7-14-6-3-9-16(19(14)17)20-15-8-2-1-5-13(15)11-12-18(20)22/h4,7,10-12,16,21-22H,1-3,5-6,8-9H2. The van der Waals surface area contributed by atoms with E-state index in [-0.39, 0.29) is 5.92 Å². The van der Waals surface area contributed by atoms with Crippen molar-refractivity contribution in [2.75, 3.05) is 0 Å². The van der Waals surface area contributed by atoms with E-state index in [1.54, 1.807) is 6.07 Å². The molecule has 2 aliphatic rings. The van der Waals surface area contributed by atoms with Crippen LogP contribution in [-0.2, 0) is 19.3 Å². The summed E-state index contributed by atoms with van der Waals surface area (Å²) < 4.78 is 0. The Morgan fingerprint density at radius 1 is 0.727 bits per heavy atom. The van der Waals surface area contributed by atoms with Crippen LogP contribution in [0.5, 0.6) is 11.5 Å². The third kappa shape index (κ3) is 2.09. The van der Waals surface area contributed by atoms with Crippen LogP contribution in [0.1, 0.15) is 59.4 Å². The van der Waals surface area contributed by atoms with E-state index in [0.29, 0.717) is 11.5 Å². The first kappa shape index (κ1) is 13.7.